The molecule has 0 aliphatic heterocycles. The van der Waals surface area contributed by atoms with Crippen LogP contribution in [0.25, 0.3) is 0 Å². The maximum atomic E-state index is 13.8. The molecule has 0 aromatic rings. The van der Waals surface area contributed by atoms with Gasteiger partial charge in [-0.3, -0.25) is 9.59 Å². The minimum Gasteiger partial charge on any atom is -0.392 e. The number of hydrogen-bond donors (Lipinski definition) is 3. The van der Waals surface area contributed by atoms with Crippen LogP contribution in [0.15, 0.2) is 11.6 Å². The van der Waals surface area contributed by atoms with Crippen LogP contribution in [-0.4, -0.2) is 45.2 Å². The summed E-state index contributed by atoms with van der Waals surface area (Å²) >= 11 is 0. The van der Waals surface area contributed by atoms with Crippen molar-refractivity contribution in [3.8, 4) is 0 Å². The highest BCUT2D eigenvalue weighted by Crippen LogP contribution is 2.73. The molecule has 0 unspecified atom stereocenters. The SMILES string of the molecule is CC(=O)[C@H]1[C@H](O)C[C@@]2(C)[C@@H]3CC=C4[C@@H](C[C@H](O)[C@@H](O)C4(C)C)[C@]3(C)C(=O)C[C@]12C. The zero-order valence-electron chi connectivity index (χ0n) is 18.5. The van der Waals surface area contributed by atoms with Crippen molar-refractivity contribution < 1.29 is 24.9 Å². The Morgan fingerprint density at radius 2 is 1.66 bits per heavy atom. The van der Waals surface area contributed by atoms with Crippen molar-refractivity contribution in [2.45, 2.75) is 85.5 Å². The summed E-state index contributed by atoms with van der Waals surface area (Å²) in [5.41, 5.74) is -1.08. The van der Waals surface area contributed by atoms with E-state index in [1.54, 1.807) is 0 Å². The van der Waals surface area contributed by atoms with Crippen LogP contribution >= 0.6 is 0 Å². The van der Waals surface area contributed by atoms with Crippen molar-refractivity contribution in [1.29, 1.82) is 0 Å². The highest BCUT2D eigenvalue weighted by atomic mass is 16.3. The highest BCUT2D eigenvalue weighted by Gasteiger charge is 2.72. The first-order valence-corrected chi connectivity index (χ1v) is 11.0. The van der Waals surface area contributed by atoms with Gasteiger partial charge in [0.05, 0.1) is 18.3 Å². The molecule has 5 heteroatoms. The van der Waals surface area contributed by atoms with Crippen LogP contribution in [-0.2, 0) is 9.59 Å². The van der Waals surface area contributed by atoms with Gasteiger partial charge in [0.15, 0.2) is 0 Å². The van der Waals surface area contributed by atoms with E-state index in [-0.39, 0.29) is 35.2 Å². The molecule has 4 aliphatic carbocycles. The van der Waals surface area contributed by atoms with Crippen LogP contribution in [0.5, 0.6) is 0 Å². The zero-order chi connectivity index (χ0) is 21.7. The van der Waals surface area contributed by atoms with Gasteiger partial charge in [0.25, 0.3) is 0 Å². The molecule has 0 bridgehead atoms. The predicted molar refractivity (Wildman–Crippen MR) is 109 cm³/mol. The fourth-order valence-electron chi connectivity index (χ4n) is 8.28. The standard InChI is InChI=1S/C24H36O5/c1-12(25)19-16(27)10-22(4)17-8-7-13-14(9-15(26)20(29)21(13,2)3)24(17,6)18(28)11-23(19,22)5/h7,14-17,19-20,26-27,29H,8-11H2,1-6H3/t14-,15+,16-,17+,19+,20-,22+,23-,24+/m1/s1. The third kappa shape index (κ3) is 2.33. The number of aliphatic hydroxyl groups excluding tert-OH is 3. The lowest BCUT2D eigenvalue weighted by molar-refractivity contribution is -0.176. The molecule has 162 valence electrons. The Kier molecular flexibility index (Phi) is 4.40. The number of allylic oxidation sites excluding steroid dienone is 1. The van der Waals surface area contributed by atoms with Gasteiger partial charge in [-0.05, 0) is 48.9 Å². The minimum atomic E-state index is -0.865. The van der Waals surface area contributed by atoms with Crippen molar-refractivity contribution in [2.24, 2.45) is 39.4 Å². The zero-order valence-corrected chi connectivity index (χ0v) is 18.5. The van der Waals surface area contributed by atoms with E-state index < -0.39 is 40.5 Å². The topological polar surface area (TPSA) is 94.8 Å². The van der Waals surface area contributed by atoms with Crippen LogP contribution in [0.1, 0.15) is 67.2 Å². The number of carbonyl (C=O) groups excluding carboxylic acids is 2. The Balaban J connectivity index is 1.87. The van der Waals surface area contributed by atoms with E-state index in [1.165, 1.54) is 6.92 Å². The van der Waals surface area contributed by atoms with E-state index in [0.29, 0.717) is 19.3 Å². The molecule has 3 saturated carbocycles. The van der Waals surface area contributed by atoms with Crippen molar-refractivity contribution in [3.63, 3.8) is 0 Å². The van der Waals surface area contributed by atoms with Gasteiger partial charge >= 0.3 is 0 Å². The van der Waals surface area contributed by atoms with Gasteiger partial charge in [-0.2, -0.15) is 0 Å². The first-order valence-electron chi connectivity index (χ1n) is 11.0. The summed E-state index contributed by atoms with van der Waals surface area (Å²) in [4.78, 5) is 26.3. The average Bonchev–Trinajstić information content (AvgIpc) is 2.79. The molecule has 0 radical (unpaired) electrons. The number of Topliss-reactive ketones (excluding diaryl/α,β-unsaturated/α-hetero) is 2. The normalized spacial score (nSPS) is 53.6. The van der Waals surface area contributed by atoms with Crippen LogP contribution in [0.4, 0.5) is 0 Å². The summed E-state index contributed by atoms with van der Waals surface area (Å²) in [6.07, 6.45) is 1.62. The lowest BCUT2D eigenvalue weighted by Gasteiger charge is -2.64. The summed E-state index contributed by atoms with van der Waals surface area (Å²) < 4.78 is 0. The van der Waals surface area contributed by atoms with Gasteiger partial charge in [-0.25, -0.2) is 0 Å². The molecule has 0 aromatic carbocycles. The first-order chi connectivity index (χ1) is 13.2. The molecule has 4 rings (SSSR count). The number of hydrogen-bond acceptors (Lipinski definition) is 5. The van der Waals surface area contributed by atoms with Crippen LogP contribution in [0.2, 0.25) is 0 Å². The van der Waals surface area contributed by atoms with Crippen molar-refractivity contribution >= 4 is 11.6 Å². The average molecular weight is 405 g/mol. The van der Waals surface area contributed by atoms with E-state index in [9.17, 15) is 24.9 Å². The number of ketones is 2. The second kappa shape index (κ2) is 6.02. The molecule has 29 heavy (non-hydrogen) atoms. The lowest BCUT2D eigenvalue weighted by Crippen LogP contribution is -2.64. The molecule has 3 N–H and O–H groups in total. The number of carbonyl (C=O) groups is 2. The van der Waals surface area contributed by atoms with Crippen molar-refractivity contribution in [3.05, 3.63) is 11.6 Å². The Bertz CT molecular complexity index is 799. The molecular formula is C24H36O5. The highest BCUT2D eigenvalue weighted by molar-refractivity contribution is 5.90. The molecule has 5 nitrogen and oxygen atoms in total. The minimum absolute atomic E-state index is 0.00718. The fourth-order valence-corrected chi connectivity index (χ4v) is 8.28. The molecule has 0 saturated heterocycles. The third-order valence-electron chi connectivity index (χ3n) is 10.1. The molecule has 0 heterocycles. The number of aliphatic hydroxyl groups is 3. The monoisotopic (exact) mass is 404 g/mol. The Morgan fingerprint density at radius 3 is 2.24 bits per heavy atom. The molecule has 0 aromatic heterocycles. The molecule has 3 fully saturated rings. The fraction of sp³-hybridized carbons (Fsp3) is 0.833. The number of fused-ring (bicyclic) bond motifs is 5. The van der Waals surface area contributed by atoms with E-state index >= 15 is 0 Å². The van der Waals surface area contributed by atoms with E-state index in [4.69, 9.17) is 0 Å². The number of rotatable bonds is 1. The Morgan fingerprint density at radius 1 is 1.03 bits per heavy atom. The van der Waals surface area contributed by atoms with Crippen LogP contribution in [0, 0.1) is 39.4 Å². The summed E-state index contributed by atoms with van der Waals surface area (Å²) in [7, 11) is 0. The van der Waals surface area contributed by atoms with E-state index in [2.05, 4.69) is 13.0 Å². The summed E-state index contributed by atoms with van der Waals surface area (Å²) in [5, 5.41) is 32.1. The maximum Gasteiger partial charge on any atom is 0.140 e. The van der Waals surface area contributed by atoms with Gasteiger partial charge in [0.2, 0.25) is 0 Å². The third-order valence-corrected chi connectivity index (χ3v) is 10.1. The quantitative estimate of drug-likeness (QED) is 0.584. The second-order valence-electron chi connectivity index (χ2n) is 11.5. The van der Waals surface area contributed by atoms with Gasteiger partial charge in [-0.1, -0.05) is 46.3 Å². The maximum absolute atomic E-state index is 13.8. The molecular weight excluding hydrogens is 368 g/mol. The van der Waals surface area contributed by atoms with Crippen LogP contribution < -0.4 is 0 Å². The lowest BCUT2D eigenvalue weighted by atomic mass is 9.39. The smallest absolute Gasteiger partial charge is 0.140 e. The van der Waals surface area contributed by atoms with Gasteiger partial charge in [0, 0.05) is 23.2 Å². The van der Waals surface area contributed by atoms with E-state index in [1.807, 2.05) is 27.7 Å². The molecule has 4 aliphatic rings. The molecule has 0 spiro atoms. The Labute approximate surface area is 173 Å². The van der Waals surface area contributed by atoms with Gasteiger partial charge in [-0.15, -0.1) is 0 Å². The van der Waals surface area contributed by atoms with Crippen molar-refractivity contribution in [1.82, 2.24) is 0 Å². The summed E-state index contributed by atoms with van der Waals surface area (Å²) in [6, 6.07) is 0. The van der Waals surface area contributed by atoms with Gasteiger partial charge < -0.3 is 15.3 Å². The van der Waals surface area contributed by atoms with Crippen LogP contribution in [0.3, 0.4) is 0 Å². The first kappa shape index (κ1) is 21.2. The summed E-state index contributed by atoms with van der Waals surface area (Å²) in [6.45, 7) is 11.7. The Hall–Kier alpha value is -1.04. The largest absolute Gasteiger partial charge is 0.392 e. The van der Waals surface area contributed by atoms with Crippen molar-refractivity contribution in [2.75, 3.05) is 0 Å². The molecule has 0 amide bonds. The van der Waals surface area contributed by atoms with Gasteiger partial charge in [0.1, 0.15) is 11.6 Å². The predicted octanol–water partition coefficient (Wildman–Crippen LogP) is 2.66. The van der Waals surface area contributed by atoms with E-state index in [0.717, 1.165) is 5.57 Å². The second-order valence-corrected chi connectivity index (χ2v) is 11.5. The summed E-state index contributed by atoms with van der Waals surface area (Å²) in [5.74, 6) is -0.548. The molecule has 9 atom stereocenters.